The van der Waals surface area contributed by atoms with Gasteiger partial charge in [-0.15, -0.1) is 0 Å². The van der Waals surface area contributed by atoms with E-state index >= 15 is 0 Å². The highest BCUT2D eigenvalue weighted by Crippen LogP contribution is 2.38. The third kappa shape index (κ3) is 5.01. The number of carbonyl (C=O) groups excluding carboxylic acids is 1. The van der Waals surface area contributed by atoms with Crippen LogP contribution in [0.5, 0.6) is 17.2 Å². The van der Waals surface area contributed by atoms with E-state index in [1.54, 1.807) is 49.4 Å². The van der Waals surface area contributed by atoms with E-state index in [1.165, 1.54) is 30.1 Å². The van der Waals surface area contributed by atoms with Crippen LogP contribution in [-0.2, 0) is 9.53 Å². The summed E-state index contributed by atoms with van der Waals surface area (Å²) in [7, 11) is 2.97. The van der Waals surface area contributed by atoms with Crippen molar-refractivity contribution < 1.29 is 24.1 Å². The summed E-state index contributed by atoms with van der Waals surface area (Å²) in [5.41, 5.74) is 1.39. The molecule has 2 heterocycles. The Labute approximate surface area is 222 Å². The van der Waals surface area contributed by atoms with Crippen molar-refractivity contribution in [3.63, 3.8) is 0 Å². The highest BCUT2D eigenvalue weighted by Gasteiger charge is 2.36. The van der Waals surface area contributed by atoms with Crippen molar-refractivity contribution in [2.24, 2.45) is 4.99 Å². The molecule has 0 spiro atoms. The Morgan fingerprint density at radius 1 is 1.19 bits per heavy atom. The molecule has 0 radical (unpaired) electrons. The molecule has 37 heavy (non-hydrogen) atoms. The second-order valence-electron chi connectivity index (χ2n) is 8.20. The lowest BCUT2D eigenvalue weighted by molar-refractivity contribution is -0.139. The monoisotopic (exact) mass is 542 g/mol. The highest BCUT2D eigenvalue weighted by atomic mass is 35.5. The van der Waals surface area contributed by atoms with E-state index in [1.807, 2.05) is 6.92 Å². The number of allylic oxidation sites excluding steroid dienone is 1. The van der Waals surface area contributed by atoms with Crippen molar-refractivity contribution in [1.29, 1.82) is 0 Å². The van der Waals surface area contributed by atoms with E-state index in [9.17, 15) is 14.7 Å². The lowest BCUT2D eigenvalue weighted by Crippen LogP contribution is -2.40. The molecular weight excluding hydrogens is 516 g/mol. The molecule has 0 saturated carbocycles. The van der Waals surface area contributed by atoms with Gasteiger partial charge in [-0.3, -0.25) is 9.36 Å². The van der Waals surface area contributed by atoms with Gasteiger partial charge in [0.25, 0.3) is 5.56 Å². The number of methoxy groups -OCH3 is 2. The molecule has 194 valence electrons. The zero-order valence-corrected chi connectivity index (χ0v) is 22.5. The number of esters is 1. The van der Waals surface area contributed by atoms with E-state index in [4.69, 9.17) is 30.8 Å². The van der Waals surface area contributed by atoms with Crippen LogP contribution in [0.2, 0.25) is 5.02 Å². The number of carbonyl (C=O) groups is 1. The number of thiazole rings is 1. The topological polar surface area (TPSA) is 99.4 Å². The maximum atomic E-state index is 13.9. The Hall–Kier alpha value is -3.56. The van der Waals surface area contributed by atoms with Gasteiger partial charge in [0.15, 0.2) is 16.3 Å². The van der Waals surface area contributed by atoms with Gasteiger partial charge < -0.3 is 19.3 Å². The molecule has 10 heteroatoms. The molecule has 0 amide bonds. The van der Waals surface area contributed by atoms with Gasteiger partial charge in [-0.1, -0.05) is 48.4 Å². The molecule has 0 bridgehead atoms. The zero-order chi connectivity index (χ0) is 26.7. The lowest BCUT2D eigenvalue weighted by Gasteiger charge is -2.27. The fourth-order valence-corrected chi connectivity index (χ4v) is 5.49. The number of aromatic nitrogens is 1. The van der Waals surface area contributed by atoms with Gasteiger partial charge in [-0.25, -0.2) is 9.79 Å². The third-order valence-electron chi connectivity index (χ3n) is 5.92. The van der Waals surface area contributed by atoms with Gasteiger partial charge in [0.2, 0.25) is 0 Å². The summed E-state index contributed by atoms with van der Waals surface area (Å²) in [5.74, 6) is 0.121. The first-order valence-electron chi connectivity index (χ1n) is 11.8. The Bertz CT molecular complexity index is 1560. The van der Waals surface area contributed by atoms with Crippen molar-refractivity contribution in [2.45, 2.75) is 32.7 Å². The van der Waals surface area contributed by atoms with Crippen LogP contribution in [0.15, 0.2) is 57.5 Å². The van der Waals surface area contributed by atoms with Crippen LogP contribution >= 0.6 is 22.9 Å². The number of ether oxygens (including phenoxy) is 3. The summed E-state index contributed by atoms with van der Waals surface area (Å²) in [6, 6.07) is 9.22. The second-order valence-corrected chi connectivity index (χ2v) is 9.64. The fraction of sp³-hybridized carbons (Fsp3) is 0.296. The van der Waals surface area contributed by atoms with Crippen molar-refractivity contribution in [1.82, 2.24) is 4.57 Å². The summed E-state index contributed by atoms with van der Waals surface area (Å²) < 4.78 is 18.0. The first-order chi connectivity index (χ1) is 17.8. The number of benzene rings is 2. The normalized spacial score (nSPS) is 15.3. The Kier molecular flexibility index (Phi) is 8.04. The lowest BCUT2D eigenvalue weighted by atomic mass is 9.93. The van der Waals surface area contributed by atoms with E-state index < -0.39 is 12.0 Å². The molecular formula is C27H27ClN2O6S. The van der Waals surface area contributed by atoms with Crippen LogP contribution in [0.4, 0.5) is 0 Å². The van der Waals surface area contributed by atoms with Gasteiger partial charge in [-0.2, -0.15) is 0 Å². The Morgan fingerprint density at radius 3 is 2.62 bits per heavy atom. The van der Waals surface area contributed by atoms with Crippen LogP contribution in [0.25, 0.3) is 6.08 Å². The Balaban J connectivity index is 2.06. The van der Waals surface area contributed by atoms with Crippen LogP contribution < -0.4 is 24.4 Å². The van der Waals surface area contributed by atoms with E-state index in [0.717, 1.165) is 6.42 Å². The van der Waals surface area contributed by atoms with Gasteiger partial charge in [0.1, 0.15) is 11.8 Å². The second kappa shape index (κ2) is 11.2. The number of halogens is 1. The molecule has 0 saturated heterocycles. The molecule has 0 unspecified atom stereocenters. The molecule has 1 aromatic heterocycles. The van der Waals surface area contributed by atoms with Gasteiger partial charge in [0, 0.05) is 16.1 Å². The number of hydrogen-bond donors (Lipinski definition) is 1. The molecule has 0 fully saturated rings. The minimum Gasteiger partial charge on any atom is -0.504 e. The van der Waals surface area contributed by atoms with Crippen molar-refractivity contribution in [3.8, 4) is 17.2 Å². The smallest absolute Gasteiger partial charge is 0.338 e. The minimum atomic E-state index is -0.869. The van der Waals surface area contributed by atoms with Gasteiger partial charge in [0.05, 0.1) is 36.6 Å². The number of fused-ring (bicyclic) bond motifs is 1. The summed E-state index contributed by atoms with van der Waals surface area (Å²) in [6.45, 7) is 3.88. The number of hydrogen-bond acceptors (Lipinski definition) is 8. The number of para-hydroxylation sites is 1. The summed E-state index contributed by atoms with van der Waals surface area (Å²) in [4.78, 5) is 32.3. The van der Waals surface area contributed by atoms with Crippen LogP contribution in [0.1, 0.15) is 43.9 Å². The maximum Gasteiger partial charge on any atom is 0.338 e. The van der Waals surface area contributed by atoms with Crippen molar-refractivity contribution in [2.75, 3.05) is 20.8 Å². The molecule has 1 N–H and O–H groups in total. The molecule has 0 aliphatic carbocycles. The third-order valence-corrected chi connectivity index (χ3v) is 7.13. The van der Waals surface area contributed by atoms with E-state index in [0.29, 0.717) is 43.4 Å². The minimum absolute atomic E-state index is 0.0808. The maximum absolute atomic E-state index is 13.9. The van der Waals surface area contributed by atoms with Crippen molar-refractivity contribution >= 4 is 35.0 Å². The quantitative estimate of drug-likeness (QED) is 0.433. The molecule has 3 aromatic rings. The fourth-order valence-electron chi connectivity index (χ4n) is 4.30. The van der Waals surface area contributed by atoms with Crippen LogP contribution in [0, 0.1) is 0 Å². The number of nitrogens with zero attached hydrogens (tertiary/aromatic N) is 2. The predicted molar refractivity (Wildman–Crippen MR) is 142 cm³/mol. The summed E-state index contributed by atoms with van der Waals surface area (Å²) in [5, 5.41) is 11.0. The molecule has 2 aromatic carbocycles. The SMILES string of the molecule is CCCC1=C(C(=O)OCC)[C@H](c2cc(Cl)ccc2OC)n2c(s/c(=C/c3cccc(OC)c3O)c2=O)=N1. The highest BCUT2D eigenvalue weighted by molar-refractivity contribution is 7.07. The number of rotatable bonds is 8. The predicted octanol–water partition coefficient (Wildman–Crippen LogP) is 3.95. The van der Waals surface area contributed by atoms with Crippen LogP contribution in [0.3, 0.4) is 0 Å². The standard InChI is InChI=1S/C27H27ClN2O6S/c1-5-8-18-22(26(33)36-6-2)23(17-14-16(28)11-12-19(17)34-3)30-25(32)21(37-27(30)29-18)13-15-9-7-10-20(35-4)24(15)31/h7,9-14,23,31H,5-6,8H2,1-4H3/b21-13+/t23-/m0/s1. The first-order valence-corrected chi connectivity index (χ1v) is 12.9. The average Bonchev–Trinajstić information content (AvgIpc) is 3.19. The Morgan fingerprint density at radius 2 is 1.95 bits per heavy atom. The van der Waals surface area contributed by atoms with E-state index in [2.05, 4.69) is 0 Å². The molecule has 4 rings (SSSR count). The molecule has 1 atom stereocenters. The number of phenolic OH excluding ortho intramolecular Hbond substituents is 1. The van der Waals surface area contributed by atoms with Gasteiger partial charge >= 0.3 is 5.97 Å². The summed E-state index contributed by atoms with van der Waals surface area (Å²) in [6.07, 6.45) is 2.82. The van der Waals surface area contributed by atoms with Gasteiger partial charge in [-0.05, 0) is 43.7 Å². The molecule has 1 aliphatic rings. The average molecular weight is 543 g/mol. The molecule has 8 nitrogen and oxygen atoms in total. The number of aromatic hydroxyl groups is 1. The van der Waals surface area contributed by atoms with E-state index in [-0.39, 0.29) is 29.2 Å². The van der Waals surface area contributed by atoms with Crippen molar-refractivity contribution in [3.05, 3.63) is 83.5 Å². The molecule has 1 aliphatic heterocycles. The zero-order valence-electron chi connectivity index (χ0n) is 20.9. The van der Waals surface area contributed by atoms with Crippen LogP contribution in [-0.4, -0.2) is 36.5 Å². The number of phenols is 1. The summed E-state index contributed by atoms with van der Waals surface area (Å²) >= 11 is 7.53. The largest absolute Gasteiger partial charge is 0.504 e. The first kappa shape index (κ1) is 26.5.